The summed E-state index contributed by atoms with van der Waals surface area (Å²) in [6.45, 7) is 3.27. The predicted molar refractivity (Wildman–Crippen MR) is 86.3 cm³/mol. The summed E-state index contributed by atoms with van der Waals surface area (Å²) >= 11 is 0. The van der Waals surface area contributed by atoms with Gasteiger partial charge in [0.15, 0.2) is 0 Å². The first-order chi connectivity index (χ1) is 11.7. The van der Waals surface area contributed by atoms with Gasteiger partial charge in [-0.25, -0.2) is 0 Å². The molecule has 0 aromatic carbocycles. The van der Waals surface area contributed by atoms with E-state index in [2.05, 4.69) is 0 Å². The van der Waals surface area contributed by atoms with Crippen molar-refractivity contribution in [3.05, 3.63) is 23.3 Å². The third-order valence-electron chi connectivity index (χ3n) is 5.01. The molecule has 0 spiro atoms. The molecule has 7 heteroatoms. The molecule has 0 amide bonds. The van der Waals surface area contributed by atoms with Gasteiger partial charge in [0, 0.05) is 0 Å². The molecule has 2 N–H and O–H groups in total. The number of esters is 2. The zero-order valence-corrected chi connectivity index (χ0v) is 14.2. The van der Waals surface area contributed by atoms with Crippen molar-refractivity contribution < 1.29 is 34.1 Å². The lowest BCUT2D eigenvalue weighted by Gasteiger charge is -2.29. The first kappa shape index (κ1) is 18.9. The van der Waals surface area contributed by atoms with E-state index in [9.17, 15) is 29.4 Å². The van der Waals surface area contributed by atoms with Crippen LogP contribution in [0.1, 0.15) is 39.5 Å². The molecule has 0 bridgehead atoms. The Labute approximate surface area is 145 Å². The van der Waals surface area contributed by atoms with Crippen molar-refractivity contribution in [3.63, 3.8) is 0 Å². The molecular weight excluding hydrogens is 328 g/mol. The third-order valence-corrected chi connectivity index (χ3v) is 5.01. The van der Waals surface area contributed by atoms with Gasteiger partial charge in [-0.15, -0.1) is 0 Å². The molecule has 0 saturated carbocycles. The zero-order chi connectivity index (χ0) is 18.7. The highest BCUT2D eigenvalue weighted by Crippen LogP contribution is 2.34. The van der Waals surface area contributed by atoms with E-state index in [1.165, 1.54) is 0 Å². The predicted octanol–water partition coefficient (Wildman–Crippen LogP) is 2.17. The molecule has 0 saturated heterocycles. The van der Waals surface area contributed by atoms with E-state index in [1.54, 1.807) is 26.0 Å². The van der Waals surface area contributed by atoms with Crippen LogP contribution in [0.3, 0.4) is 0 Å². The molecule has 2 rings (SSSR count). The fraction of sp³-hybridized carbons (Fsp3) is 0.556. The van der Waals surface area contributed by atoms with Gasteiger partial charge in [-0.3, -0.25) is 19.2 Å². The summed E-state index contributed by atoms with van der Waals surface area (Å²) in [4.78, 5) is 47.6. The molecule has 25 heavy (non-hydrogen) atoms. The maximum Gasteiger partial charge on any atom is 0.317 e. The number of carbonyl (C=O) groups excluding carboxylic acids is 2. The Balaban J connectivity index is 2.13. The van der Waals surface area contributed by atoms with E-state index in [0.29, 0.717) is 24.0 Å². The van der Waals surface area contributed by atoms with Crippen molar-refractivity contribution in [2.75, 3.05) is 0 Å². The average Bonchev–Trinajstić information content (AvgIpc) is 2.53. The molecule has 4 unspecified atom stereocenters. The average molecular weight is 350 g/mol. The number of allylic oxidation sites excluding steroid dienone is 2. The lowest BCUT2D eigenvalue weighted by Crippen LogP contribution is -2.39. The van der Waals surface area contributed by atoms with Crippen LogP contribution in [0, 0.1) is 23.7 Å². The van der Waals surface area contributed by atoms with Crippen LogP contribution >= 0.6 is 0 Å². The van der Waals surface area contributed by atoms with Crippen molar-refractivity contribution >= 4 is 23.9 Å². The summed E-state index contributed by atoms with van der Waals surface area (Å²) in [5.74, 6) is -7.95. The second kappa shape index (κ2) is 7.63. The molecule has 0 radical (unpaired) electrons. The largest absolute Gasteiger partial charge is 0.481 e. The topological polar surface area (TPSA) is 118 Å². The van der Waals surface area contributed by atoms with Crippen LogP contribution in [-0.4, -0.2) is 34.1 Å². The molecule has 0 fully saturated rings. The Morgan fingerprint density at radius 1 is 0.840 bits per heavy atom. The minimum absolute atomic E-state index is 0.284. The van der Waals surface area contributed by atoms with Gasteiger partial charge in [0.1, 0.15) is 0 Å². The standard InChI is InChI=1S/C18H22O7/c1-9-5-3-7-11(13(9)15(19)20)17(23)25-18(24)12-8-4-6-10(2)14(12)16(21)22/h5-6,11-14H,3-4,7-8H2,1-2H3,(H,19,20)(H,21,22). The smallest absolute Gasteiger partial charge is 0.317 e. The van der Waals surface area contributed by atoms with Gasteiger partial charge in [0.2, 0.25) is 0 Å². The van der Waals surface area contributed by atoms with Crippen molar-refractivity contribution in [2.45, 2.75) is 39.5 Å². The summed E-state index contributed by atoms with van der Waals surface area (Å²) < 4.78 is 4.93. The second-order valence-corrected chi connectivity index (χ2v) is 6.64. The SMILES string of the molecule is CC1=CCCC(C(=O)OC(=O)C2CCC=C(C)C2C(=O)O)C1C(=O)O. The Kier molecular flexibility index (Phi) is 5.77. The Morgan fingerprint density at radius 3 is 1.52 bits per heavy atom. The second-order valence-electron chi connectivity index (χ2n) is 6.64. The van der Waals surface area contributed by atoms with Crippen molar-refractivity contribution in [1.82, 2.24) is 0 Å². The van der Waals surface area contributed by atoms with Crippen molar-refractivity contribution in [1.29, 1.82) is 0 Å². The summed E-state index contributed by atoms with van der Waals surface area (Å²) in [7, 11) is 0. The maximum absolute atomic E-state index is 12.4. The highest BCUT2D eigenvalue weighted by molar-refractivity contribution is 5.93. The highest BCUT2D eigenvalue weighted by Gasteiger charge is 2.42. The van der Waals surface area contributed by atoms with E-state index in [-0.39, 0.29) is 12.8 Å². The number of carboxylic acids is 2. The normalized spacial score (nSPS) is 29.2. The zero-order valence-electron chi connectivity index (χ0n) is 14.2. The fourth-order valence-corrected chi connectivity index (χ4v) is 3.70. The molecule has 136 valence electrons. The van der Waals surface area contributed by atoms with Crippen LogP contribution in [0.2, 0.25) is 0 Å². The Bertz CT molecular complexity index is 602. The van der Waals surface area contributed by atoms with Crippen LogP contribution in [0.4, 0.5) is 0 Å². The number of carbonyl (C=O) groups is 4. The first-order valence-corrected chi connectivity index (χ1v) is 8.28. The van der Waals surface area contributed by atoms with Crippen LogP contribution in [-0.2, 0) is 23.9 Å². The highest BCUT2D eigenvalue weighted by atomic mass is 16.6. The maximum atomic E-state index is 12.4. The van der Waals surface area contributed by atoms with Crippen molar-refractivity contribution in [3.8, 4) is 0 Å². The van der Waals surface area contributed by atoms with E-state index in [0.717, 1.165) is 0 Å². The van der Waals surface area contributed by atoms with Gasteiger partial charge in [0.25, 0.3) is 0 Å². The Morgan fingerprint density at radius 2 is 1.20 bits per heavy atom. The molecule has 4 atom stereocenters. The van der Waals surface area contributed by atoms with Crippen LogP contribution in [0.15, 0.2) is 23.3 Å². The molecular formula is C18H22O7. The Hall–Kier alpha value is -2.44. The molecule has 0 aromatic rings. The molecule has 7 nitrogen and oxygen atoms in total. The number of rotatable bonds is 4. The summed E-state index contributed by atoms with van der Waals surface area (Å²) in [6.07, 6.45) is 5.16. The van der Waals surface area contributed by atoms with Gasteiger partial charge in [-0.1, -0.05) is 23.3 Å². The number of hydrogen-bond donors (Lipinski definition) is 2. The van der Waals surface area contributed by atoms with Crippen LogP contribution < -0.4 is 0 Å². The minimum atomic E-state index is -1.14. The van der Waals surface area contributed by atoms with Crippen LogP contribution in [0.5, 0.6) is 0 Å². The molecule has 2 aliphatic rings. The van der Waals surface area contributed by atoms with E-state index >= 15 is 0 Å². The third kappa shape index (κ3) is 3.97. The number of ether oxygens (including phenoxy) is 1. The van der Waals surface area contributed by atoms with Gasteiger partial charge in [0.05, 0.1) is 23.7 Å². The molecule has 2 aliphatic carbocycles. The van der Waals surface area contributed by atoms with E-state index < -0.39 is 47.5 Å². The molecule has 0 heterocycles. The van der Waals surface area contributed by atoms with Gasteiger partial charge < -0.3 is 14.9 Å². The monoisotopic (exact) mass is 350 g/mol. The lowest BCUT2D eigenvalue weighted by atomic mass is 9.78. The van der Waals surface area contributed by atoms with E-state index in [4.69, 9.17) is 4.74 Å². The number of hydrogen-bond acceptors (Lipinski definition) is 5. The summed E-state index contributed by atoms with van der Waals surface area (Å²) in [6, 6.07) is 0. The van der Waals surface area contributed by atoms with E-state index in [1.807, 2.05) is 0 Å². The lowest BCUT2D eigenvalue weighted by molar-refractivity contribution is -0.172. The molecule has 0 aromatic heterocycles. The van der Waals surface area contributed by atoms with Crippen LogP contribution in [0.25, 0.3) is 0 Å². The number of aliphatic carboxylic acids is 2. The quantitative estimate of drug-likeness (QED) is 0.453. The minimum Gasteiger partial charge on any atom is -0.481 e. The number of carboxylic acid groups (broad SMARTS) is 2. The summed E-state index contributed by atoms with van der Waals surface area (Å²) in [5.41, 5.74) is 1.13. The summed E-state index contributed by atoms with van der Waals surface area (Å²) in [5, 5.41) is 18.7. The fourth-order valence-electron chi connectivity index (χ4n) is 3.70. The van der Waals surface area contributed by atoms with Gasteiger partial charge in [-0.2, -0.15) is 0 Å². The van der Waals surface area contributed by atoms with Gasteiger partial charge in [-0.05, 0) is 39.5 Å². The first-order valence-electron chi connectivity index (χ1n) is 8.28. The van der Waals surface area contributed by atoms with Gasteiger partial charge >= 0.3 is 23.9 Å². The van der Waals surface area contributed by atoms with Crippen molar-refractivity contribution in [2.24, 2.45) is 23.7 Å². The molecule has 0 aliphatic heterocycles.